The zero-order chi connectivity index (χ0) is 17.0. The largest absolute Gasteiger partial charge is 0.416 e. The third-order valence-electron chi connectivity index (χ3n) is 3.62. The molecule has 1 N–H and O–H groups in total. The van der Waals surface area contributed by atoms with Gasteiger partial charge in [-0.3, -0.25) is 4.79 Å². The number of anilines is 1. The van der Waals surface area contributed by atoms with Crippen LogP contribution in [0.5, 0.6) is 0 Å². The molecule has 0 bridgehead atoms. The number of hydrogen-bond acceptors (Lipinski definition) is 1. The van der Waals surface area contributed by atoms with Gasteiger partial charge in [0.05, 0.1) is 12.0 Å². The van der Waals surface area contributed by atoms with Crippen LogP contribution in [0, 0.1) is 6.92 Å². The first kappa shape index (κ1) is 17.1. The molecule has 2 aromatic carbocycles. The highest BCUT2D eigenvalue weighted by Crippen LogP contribution is 2.29. The summed E-state index contributed by atoms with van der Waals surface area (Å²) in [5.74, 6) is -0.326. The van der Waals surface area contributed by atoms with Crippen LogP contribution in [0.4, 0.5) is 18.9 Å². The third kappa shape index (κ3) is 4.34. The van der Waals surface area contributed by atoms with Gasteiger partial charge in [0.2, 0.25) is 5.91 Å². The van der Waals surface area contributed by atoms with Crippen molar-refractivity contribution in [1.82, 2.24) is 0 Å². The molecule has 0 aromatic heterocycles. The van der Waals surface area contributed by atoms with E-state index in [1.54, 1.807) is 0 Å². The number of rotatable bonds is 4. The summed E-state index contributed by atoms with van der Waals surface area (Å²) in [6.45, 7) is 3.87. The molecule has 2 nitrogen and oxygen atoms in total. The number of aryl methyl sites for hydroxylation is 2. The molecule has 1 amide bonds. The van der Waals surface area contributed by atoms with E-state index in [2.05, 4.69) is 5.32 Å². The maximum absolute atomic E-state index is 12.7. The second-order valence-electron chi connectivity index (χ2n) is 5.39. The lowest BCUT2D eigenvalue weighted by Gasteiger charge is -2.13. The van der Waals surface area contributed by atoms with Crippen molar-refractivity contribution in [1.29, 1.82) is 0 Å². The van der Waals surface area contributed by atoms with Crippen molar-refractivity contribution >= 4 is 11.6 Å². The summed E-state index contributed by atoms with van der Waals surface area (Å²) < 4.78 is 38.1. The lowest BCUT2D eigenvalue weighted by atomic mass is 10.0. The van der Waals surface area contributed by atoms with Crippen LogP contribution in [0.25, 0.3) is 0 Å². The molecule has 0 aliphatic rings. The number of benzene rings is 2. The summed E-state index contributed by atoms with van der Waals surface area (Å²) in [4.78, 5) is 12.2. The SMILES string of the molecule is CCc1cccc(C)c1NC(=O)Cc1cccc(C(F)(F)F)c1. The van der Waals surface area contributed by atoms with Crippen LogP contribution in [-0.2, 0) is 23.8 Å². The Morgan fingerprint density at radius 3 is 2.48 bits per heavy atom. The topological polar surface area (TPSA) is 29.1 Å². The molecule has 0 unspecified atom stereocenters. The first-order valence-corrected chi connectivity index (χ1v) is 7.35. The van der Waals surface area contributed by atoms with E-state index in [1.807, 2.05) is 32.0 Å². The zero-order valence-corrected chi connectivity index (χ0v) is 13.0. The zero-order valence-electron chi connectivity index (χ0n) is 13.0. The minimum absolute atomic E-state index is 0.0958. The minimum atomic E-state index is -4.40. The summed E-state index contributed by atoms with van der Waals surface area (Å²) in [7, 11) is 0. The van der Waals surface area contributed by atoms with Crippen molar-refractivity contribution in [2.45, 2.75) is 32.9 Å². The molecular weight excluding hydrogens is 303 g/mol. The molecular formula is C18H18F3NO. The normalized spacial score (nSPS) is 11.3. The molecule has 122 valence electrons. The van der Waals surface area contributed by atoms with Gasteiger partial charge in [0.25, 0.3) is 0 Å². The number of alkyl halides is 3. The molecule has 0 heterocycles. The highest BCUT2D eigenvalue weighted by Gasteiger charge is 2.30. The fourth-order valence-electron chi connectivity index (χ4n) is 2.43. The highest BCUT2D eigenvalue weighted by atomic mass is 19.4. The lowest BCUT2D eigenvalue weighted by molar-refractivity contribution is -0.137. The van der Waals surface area contributed by atoms with Gasteiger partial charge in [0.15, 0.2) is 0 Å². The smallest absolute Gasteiger partial charge is 0.325 e. The molecule has 2 rings (SSSR count). The number of carbonyl (C=O) groups excluding carboxylic acids is 1. The Balaban J connectivity index is 2.15. The predicted molar refractivity (Wildman–Crippen MR) is 84.3 cm³/mol. The fourth-order valence-corrected chi connectivity index (χ4v) is 2.43. The van der Waals surface area contributed by atoms with Gasteiger partial charge in [0, 0.05) is 5.69 Å². The van der Waals surface area contributed by atoms with E-state index in [9.17, 15) is 18.0 Å². The predicted octanol–water partition coefficient (Wildman–Crippen LogP) is 4.76. The minimum Gasteiger partial charge on any atom is -0.325 e. The van der Waals surface area contributed by atoms with Gasteiger partial charge in [0.1, 0.15) is 0 Å². The summed E-state index contributed by atoms with van der Waals surface area (Å²) in [6, 6.07) is 10.6. The van der Waals surface area contributed by atoms with Crippen LogP contribution in [0.15, 0.2) is 42.5 Å². The first-order valence-electron chi connectivity index (χ1n) is 7.35. The molecule has 0 aliphatic carbocycles. The van der Waals surface area contributed by atoms with E-state index in [4.69, 9.17) is 0 Å². The molecule has 0 spiro atoms. The monoisotopic (exact) mass is 321 g/mol. The van der Waals surface area contributed by atoms with Gasteiger partial charge in [-0.2, -0.15) is 13.2 Å². The molecule has 0 radical (unpaired) electrons. The van der Waals surface area contributed by atoms with Crippen LogP contribution in [0.2, 0.25) is 0 Å². The summed E-state index contributed by atoms with van der Waals surface area (Å²) in [6.07, 6.45) is -3.74. The van der Waals surface area contributed by atoms with E-state index in [0.717, 1.165) is 35.4 Å². The van der Waals surface area contributed by atoms with Crippen LogP contribution in [0.1, 0.15) is 29.2 Å². The average Bonchev–Trinajstić information content (AvgIpc) is 2.48. The van der Waals surface area contributed by atoms with Crippen LogP contribution in [0.3, 0.4) is 0 Å². The molecule has 0 saturated carbocycles. The quantitative estimate of drug-likeness (QED) is 0.864. The number of halogens is 3. The van der Waals surface area contributed by atoms with E-state index < -0.39 is 11.7 Å². The Kier molecular flexibility index (Phi) is 5.08. The number of amides is 1. The summed E-state index contributed by atoms with van der Waals surface area (Å²) >= 11 is 0. The van der Waals surface area contributed by atoms with Crippen molar-refractivity contribution in [3.8, 4) is 0 Å². The first-order chi connectivity index (χ1) is 10.8. The molecule has 0 fully saturated rings. The van der Waals surface area contributed by atoms with E-state index >= 15 is 0 Å². The van der Waals surface area contributed by atoms with E-state index in [1.165, 1.54) is 12.1 Å². The lowest BCUT2D eigenvalue weighted by Crippen LogP contribution is -2.17. The van der Waals surface area contributed by atoms with Crippen LogP contribution >= 0.6 is 0 Å². The van der Waals surface area contributed by atoms with E-state index in [0.29, 0.717) is 5.56 Å². The van der Waals surface area contributed by atoms with Crippen molar-refractivity contribution in [3.05, 3.63) is 64.7 Å². The molecule has 2 aromatic rings. The molecule has 0 aliphatic heterocycles. The Morgan fingerprint density at radius 2 is 1.83 bits per heavy atom. The Bertz CT molecular complexity index is 708. The van der Waals surface area contributed by atoms with Crippen molar-refractivity contribution < 1.29 is 18.0 Å². The van der Waals surface area contributed by atoms with Crippen LogP contribution < -0.4 is 5.32 Å². The van der Waals surface area contributed by atoms with Gasteiger partial charge in [-0.05, 0) is 36.1 Å². The Hall–Kier alpha value is -2.30. The second kappa shape index (κ2) is 6.86. The Labute approximate surface area is 133 Å². The second-order valence-corrected chi connectivity index (χ2v) is 5.39. The van der Waals surface area contributed by atoms with Crippen molar-refractivity contribution in [2.24, 2.45) is 0 Å². The molecule has 5 heteroatoms. The third-order valence-corrected chi connectivity index (χ3v) is 3.62. The van der Waals surface area contributed by atoms with Crippen molar-refractivity contribution in [2.75, 3.05) is 5.32 Å². The van der Waals surface area contributed by atoms with E-state index in [-0.39, 0.29) is 12.3 Å². The molecule has 0 saturated heterocycles. The van der Waals surface area contributed by atoms with Crippen molar-refractivity contribution in [3.63, 3.8) is 0 Å². The van der Waals surface area contributed by atoms with Gasteiger partial charge in [-0.15, -0.1) is 0 Å². The number of carbonyl (C=O) groups is 1. The van der Waals surface area contributed by atoms with Gasteiger partial charge < -0.3 is 5.32 Å². The molecule has 23 heavy (non-hydrogen) atoms. The molecule has 0 atom stereocenters. The fraction of sp³-hybridized carbons (Fsp3) is 0.278. The highest BCUT2D eigenvalue weighted by molar-refractivity contribution is 5.93. The maximum Gasteiger partial charge on any atom is 0.416 e. The van der Waals surface area contributed by atoms with Gasteiger partial charge in [-0.25, -0.2) is 0 Å². The summed E-state index contributed by atoms with van der Waals surface area (Å²) in [5.41, 5.74) is 2.27. The Morgan fingerprint density at radius 1 is 1.13 bits per heavy atom. The van der Waals surface area contributed by atoms with Gasteiger partial charge in [-0.1, -0.05) is 43.3 Å². The average molecular weight is 321 g/mol. The van der Waals surface area contributed by atoms with Crippen LogP contribution in [-0.4, -0.2) is 5.91 Å². The standard InChI is InChI=1S/C18H18F3NO/c1-3-14-8-4-6-12(2)17(14)22-16(23)11-13-7-5-9-15(10-13)18(19,20)21/h4-10H,3,11H2,1-2H3,(H,22,23). The number of nitrogens with one attached hydrogen (secondary N) is 1. The maximum atomic E-state index is 12.7. The number of para-hydroxylation sites is 1. The van der Waals surface area contributed by atoms with Gasteiger partial charge >= 0.3 is 6.18 Å². The number of hydrogen-bond donors (Lipinski definition) is 1. The summed E-state index contributed by atoms with van der Waals surface area (Å²) in [5, 5.41) is 2.82.